The number of hydrogen-bond donors (Lipinski definition) is 0. The Labute approximate surface area is 100 Å². The number of carbonyl (C=O) groups excluding carboxylic acids is 1. The highest BCUT2D eigenvalue weighted by atomic mass is 16.5. The zero-order chi connectivity index (χ0) is 12.1. The van der Waals surface area contributed by atoms with Crippen molar-refractivity contribution in [1.29, 1.82) is 0 Å². The van der Waals surface area contributed by atoms with E-state index in [0.717, 1.165) is 19.4 Å². The highest BCUT2D eigenvalue weighted by Crippen LogP contribution is 2.19. The Morgan fingerprint density at radius 2 is 2.47 bits per heavy atom. The minimum Gasteiger partial charge on any atom is -0.466 e. The lowest BCUT2D eigenvalue weighted by atomic mass is 10.1. The maximum atomic E-state index is 11.6. The zero-order valence-electron chi connectivity index (χ0n) is 9.69. The summed E-state index contributed by atoms with van der Waals surface area (Å²) in [5.41, 5.74) is 0.462. The highest BCUT2D eigenvalue weighted by molar-refractivity contribution is 5.87. The lowest BCUT2D eigenvalue weighted by Gasteiger charge is -2.10. The monoisotopic (exact) mass is 236 g/mol. The SMILES string of the molecule is C=C(CC1CCCO1)C(=O)OCc1ccco1. The first-order chi connectivity index (χ1) is 8.25. The summed E-state index contributed by atoms with van der Waals surface area (Å²) in [6, 6.07) is 3.51. The van der Waals surface area contributed by atoms with Crippen molar-refractivity contribution < 1.29 is 18.7 Å². The van der Waals surface area contributed by atoms with Gasteiger partial charge in [0.1, 0.15) is 12.4 Å². The molecule has 0 spiro atoms. The van der Waals surface area contributed by atoms with Gasteiger partial charge in [0.15, 0.2) is 0 Å². The summed E-state index contributed by atoms with van der Waals surface area (Å²) in [7, 11) is 0. The maximum Gasteiger partial charge on any atom is 0.333 e. The van der Waals surface area contributed by atoms with Crippen LogP contribution in [0.1, 0.15) is 25.0 Å². The first-order valence-corrected chi connectivity index (χ1v) is 5.74. The van der Waals surface area contributed by atoms with Crippen LogP contribution in [-0.2, 0) is 20.9 Å². The Bertz CT molecular complexity index is 374. The van der Waals surface area contributed by atoms with Gasteiger partial charge in [-0.1, -0.05) is 6.58 Å². The first kappa shape index (κ1) is 11.9. The van der Waals surface area contributed by atoms with Crippen LogP contribution in [0.2, 0.25) is 0 Å². The second-order valence-electron chi connectivity index (χ2n) is 4.10. The molecular formula is C13H16O4. The van der Waals surface area contributed by atoms with Crippen molar-refractivity contribution in [2.45, 2.75) is 32.0 Å². The van der Waals surface area contributed by atoms with Crippen molar-refractivity contribution in [3.8, 4) is 0 Å². The molecule has 17 heavy (non-hydrogen) atoms. The number of esters is 1. The van der Waals surface area contributed by atoms with Crippen molar-refractivity contribution >= 4 is 5.97 Å². The molecule has 0 aliphatic carbocycles. The molecule has 92 valence electrons. The molecule has 4 nitrogen and oxygen atoms in total. The van der Waals surface area contributed by atoms with Crippen molar-refractivity contribution in [1.82, 2.24) is 0 Å². The van der Waals surface area contributed by atoms with E-state index in [-0.39, 0.29) is 18.7 Å². The number of ether oxygens (including phenoxy) is 2. The molecule has 0 bridgehead atoms. The molecule has 4 heteroatoms. The molecule has 0 N–H and O–H groups in total. The van der Waals surface area contributed by atoms with Gasteiger partial charge in [-0.15, -0.1) is 0 Å². The van der Waals surface area contributed by atoms with Crippen LogP contribution in [-0.4, -0.2) is 18.7 Å². The summed E-state index contributed by atoms with van der Waals surface area (Å²) < 4.78 is 15.6. The quantitative estimate of drug-likeness (QED) is 0.582. The van der Waals surface area contributed by atoms with Gasteiger partial charge >= 0.3 is 5.97 Å². The van der Waals surface area contributed by atoms with Gasteiger partial charge in [-0.05, 0) is 25.0 Å². The molecule has 0 saturated carbocycles. The summed E-state index contributed by atoms with van der Waals surface area (Å²) >= 11 is 0. The van der Waals surface area contributed by atoms with Gasteiger partial charge < -0.3 is 13.9 Å². The molecule has 1 aliphatic rings. The third-order valence-corrected chi connectivity index (χ3v) is 2.71. The average Bonchev–Trinajstić information content (AvgIpc) is 2.98. The van der Waals surface area contributed by atoms with Crippen LogP contribution >= 0.6 is 0 Å². The Morgan fingerprint density at radius 1 is 1.59 bits per heavy atom. The molecule has 1 aliphatic heterocycles. The van der Waals surface area contributed by atoms with Crippen LogP contribution in [0.25, 0.3) is 0 Å². The van der Waals surface area contributed by atoms with Crippen LogP contribution in [0, 0.1) is 0 Å². The molecule has 0 amide bonds. The van der Waals surface area contributed by atoms with E-state index >= 15 is 0 Å². The summed E-state index contributed by atoms with van der Waals surface area (Å²) in [5.74, 6) is 0.250. The van der Waals surface area contributed by atoms with Crippen molar-refractivity contribution in [2.24, 2.45) is 0 Å². The fourth-order valence-electron chi connectivity index (χ4n) is 1.80. The van der Waals surface area contributed by atoms with Crippen molar-refractivity contribution in [3.63, 3.8) is 0 Å². The number of furan rings is 1. The number of rotatable bonds is 5. The third-order valence-electron chi connectivity index (χ3n) is 2.71. The van der Waals surface area contributed by atoms with Gasteiger partial charge in [-0.25, -0.2) is 4.79 Å². The maximum absolute atomic E-state index is 11.6. The minimum atomic E-state index is -0.378. The largest absolute Gasteiger partial charge is 0.466 e. The van der Waals surface area contributed by atoms with E-state index in [0.29, 0.717) is 17.8 Å². The molecule has 1 fully saturated rings. The Kier molecular flexibility index (Phi) is 3.98. The van der Waals surface area contributed by atoms with Gasteiger partial charge in [0.2, 0.25) is 0 Å². The summed E-state index contributed by atoms with van der Waals surface area (Å²) in [6.07, 6.45) is 4.27. The standard InChI is InChI=1S/C13H16O4/c1-10(8-11-4-2-6-15-11)13(14)17-9-12-5-3-7-16-12/h3,5,7,11H,1-2,4,6,8-9H2. The van der Waals surface area contributed by atoms with Gasteiger partial charge in [0.25, 0.3) is 0 Å². The molecule has 1 saturated heterocycles. The molecule has 2 rings (SSSR count). The lowest BCUT2D eigenvalue weighted by Crippen LogP contribution is -2.13. The molecule has 2 heterocycles. The fourth-order valence-corrected chi connectivity index (χ4v) is 1.80. The van der Waals surface area contributed by atoms with Crippen molar-refractivity contribution in [2.75, 3.05) is 6.61 Å². The first-order valence-electron chi connectivity index (χ1n) is 5.74. The normalized spacial score (nSPS) is 19.2. The van der Waals surface area contributed by atoms with E-state index in [1.165, 1.54) is 0 Å². The minimum absolute atomic E-state index is 0.124. The van der Waals surface area contributed by atoms with Gasteiger partial charge in [0.05, 0.1) is 12.4 Å². The van der Waals surface area contributed by atoms with E-state index < -0.39 is 0 Å². The van der Waals surface area contributed by atoms with E-state index in [4.69, 9.17) is 13.9 Å². The molecule has 1 unspecified atom stereocenters. The van der Waals surface area contributed by atoms with Crippen LogP contribution in [0.3, 0.4) is 0 Å². The van der Waals surface area contributed by atoms with Crippen LogP contribution in [0.4, 0.5) is 0 Å². The molecule has 0 aromatic carbocycles. The molecule has 1 aromatic heterocycles. The van der Waals surface area contributed by atoms with Crippen LogP contribution in [0.15, 0.2) is 35.0 Å². The molecule has 1 atom stereocenters. The Balaban J connectivity index is 1.73. The molecule has 0 radical (unpaired) electrons. The van der Waals surface area contributed by atoms with E-state index in [9.17, 15) is 4.79 Å². The average molecular weight is 236 g/mol. The van der Waals surface area contributed by atoms with Crippen molar-refractivity contribution in [3.05, 3.63) is 36.3 Å². The zero-order valence-corrected chi connectivity index (χ0v) is 9.69. The predicted molar refractivity (Wildman–Crippen MR) is 61.2 cm³/mol. The third kappa shape index (κ3) is 3.46. The number of carbonyl (C=O) groups is 1. The fraction of sp³-hybridized carbons (Fsp3) is 0.462. The van der Waals surface area contributed by atoms with Crippen LogP contribution < -0.4 is 0 Å². The number of hydrogen-bond acceptors (Lipinski definition) is 4. The molecular weight excluding hydrogens is 220 g/mol. The molecule has 1 aromatic rings. The van der Waals surface area contributed by atoms with Gasteiger partial charge in [-0.2, -0.15) is 0 Å². The Hall–Kier alpha value is -1.55. The van der Waals surface area contributed by atoms with Crippen LogP contribution in [0.5, 0.6) is 0 Å². The Morgan fingerprint density at radius 3 is 3.12 bits per heavy atom. The lowest BCUT2D eigenvalue weighted by molar-refractivity contribution is -0.141. The van der Waals surface area contributed by atoms with E-state index in [1.54, 1.807) is 18.4 Å². The van der Waals surface area contributed by atoms with E-state index in [1.807, 2.05) is 0 Å². The smallest absolute Gasteiger partial charge is 0.333 e. The summed E-state index contributed by atoms with van der Waals surface area (Å²) in [4.78, 5) is 11.6. The van der Waals surface area contributed by atoms with E-state index in [2.05, 4.69) is 6.58 Å². The highest BCUT2D eigenvalue weighted by Gasteiger charge is 2.20. The summed E-state index contributed by atoms with van der Waals surface area (Å²) in [5, 5.41) is 0. The van der Waals surface area contributed by atoms with Gasteiger partial charge in [0, 0.05) is 18.6 Å². The predicted octanol–water partition coefficient (Wildman–Crippen LogP) is 2.45. The summed E-state index contributed by atoms with van der Waals surface area (Å²) in [6.45, 7) is 4.66. The topological polar surface area (TPSA) is 48.7 Å². The second kappa shape index (κ2) is 5.68. The van der Waals surface area contributed by atoms with Gasteiger partial charge in [-0.3, -0.25) is 0 Å². The second-order valence-corrected chi connectivity index (χ2v) is 4.10.